The van der Waals surface area contributed by atoms with Crippen LogP contribution in [0.4, 0.5) is 0 Å². The molecule has 1 atom stereocenters. The minimum atomic E-state index is 0.366. The van der Waals surface area contributed by atoms with Crippen LogP contribution >= 0.6 is 0 Å². The average Bonchev–Trinajstić information content (AvgIpc) is 2.03. The van der Waals surface area contributed by atoms with Crippen molar-refractivity contribution in [1.82, 2.24) is 0 Å². The molecular weight excluding hydrogens is 136 g/mol. The van der Waals surface area contributed by atoms with E-state index < -0.39 is 0 Å². The van der Waals surface area contributed by atoms with Crippen LogP contribution in [-0.4, -0.2) is 11.7 Å². The van der Waals surface area contributed by atoms with Crippen LogP contribution in [0.25, 0.3) is 0 Å². The molecule has 0 saturated heterocycles. The fraction of sp³-hybridized carbons (Fsp3) is 1.00. The molecule has 0 aromatic heterocycles. The van der Waals surface area contributed by atoms with E-state index in [1.54, 1.807) is 0 Å². The van der Waals surface area contributed by atoms with Crippen molar-refractivity contribution in [1.29, 1.82) is 0 Å². The standard InChI is InChI=1S/C10H22O/c1-3-5-6-7-10(4-2)8-9-11/h10-11H,3-9H2,1-2H3. The highest BCUT2D eigenvalue weighted by Gasteiger charge is 2.03. The molecule has 68 valence electrons. The van der Waals surface area contributed by atoms with E-state index in [9.17, 15) is 0 Å². The molecule has 0 radical (unpaired) electrons. The van der Waals surface area contributed by atoms with Gasteiger partial charge in [-0.2, -0.15) is 0 Å². The Morgan fingerprint density at radius 1 is 1.09 bits per heavy atom. The Morgan fingerprint density at radius 2 is 1.82 bits per heavy atom. The van der Waals surface area contributed by atoms with Crippen LogP contribution in [0, 0.1) is 5.92 Å². The van der Waals surface area contributed by atoms with Crippen LogP contribution in [0.2, 0.25) is 0 Å². The highest BCUT2D eigenvalue weighted by molar-refractivity contribution is 4.56. The van der Waals surface area contributed by atoms with Gasteiger partial charge in [-0.25, -0.2) is 0 Å². The molecule has 0 aliphatic heterocycles. The maximum absolute atomic E-state index is 8.72. The second kappa shape index (κ2) is 8.06. The third-order valence-corrected chi connectivity index (χ3v) is 2.33. The van der Waals surface area contributed by atoms with Crippen LogP contribution in [0.1, 0.15) is 52.4 Å². The van der Waals surface area contributed by atoms with Crippen molar-refractivity contribution in [2.45, 2.75) is 52.4 Å². The van der Waals surface area contributed by atoms with E-state index >= 15 is 0 Å². The monoisotopic (exact) mass is 158 g/mol. The summed E-state index contributed by atoms with van der Waals surface area (Å²) in [6.45, 7) is 4.81. The molecule has 0 heterocycles. The van der Waals surface area contributed by atoms with Gasteiger partial charge in [-0.1, -0.05) is 46.0 Å². The van der Waals surface area contributed by atoms with Crippen LogP contribution < -0.4 is 0 Å². The molecule has 1 heteroatoms. The number of hydrogen-bond acceptors (Lipinski definition) is 1. The number of unbranched alkanes of at least 4 members (excludes halogenated alkanes) is 2. The third-order valence-electron chi connectivity index (χ3n) is 2.33. The van der Waals surface area contributed by atoms with Crippen molar-refractivity contribution in [2.75, 3.05) is 6.61 Å². The van der Waals surface area contributed by atoms with Crippen LogP contribution in [-0.2, 0) is 0 Å². The van der Waals surface area contributed by atoms with Gasteiger partial charge in [0.15, 0.2) is 0 Å². The van der Waals surface area contributed by atoms with Gasteiger partial charge in [0.25, 0.3) is 0 Å². The van der Waals surface area contributed by atoms with Crippen molar-refractivity contribution in [3.05, 3.63) is 0 Å². The lowest BCUT2D eigenvalue weighted by atomic mass is 9.96. The van der Waals surface area contributed by atoms with E-state index in [0.717, 1.165) is 12.3 Å². The minimum Gasteiger partial charge on any atom is -0.396 e. The van der Waals surface area contributed by atoms with Crippen molar-refractivity contribution in [2.24, 2.45) is 5.92 Å². The molecule has 0 amide bonds. The van der Waals surface area contributed by atoms with Gasteiger partial charge >= 0.3 is 0 Å². The van der Waals surface area contributed by atoms with Crippen LogP contribution in [0.15, 0.2) is 0 Å². The molecule has 1 N–H and O–H groups in total. The molecule has 1 unspecified atom stereocenters. The normalized spacial score (nSPS) is 13.4. The Balaban J connectivity index is 3.20. The summed E-state index contributed by atoms with van der Waals surface area (Å²) >= 11 is 0. The summed E-state index contributed by atoms with van der Waals surface area (Å²) in [6.07, 6.45) is 7.53. The molecular formula is C10H22O. The first-order valence-electron chi connectivity index (χ1n) is 4.96. The first-order chi connectivity index (χ1) is 5.35. The topological polar surface area (TPSA) is 20.2 Å². The van der Waals surface area contributed by atoms with Gasteiger partial charge in [-0.15, -0.1) is 0 Å². The molecule has 0 aromatic rings. The highest BCUT2D eigenvalue weighted by Crippen LogP contribution is 2.16. The molecule has 0 aliphatic rings. The van der Waals surface area contributed by atoms with Crippen LogP contribution in [0.5, 0.6) is 0 Å². The summed E-state index contributed by atoms with van der Waals surface area (Å²) in [7, 11) is 0. The fourth-order valence-corrected chi connectivity index (χ4v) is 1.42. The number of hydrogen-bond donors (Lipinski definition) is 1. The predicted molar refractivity (Wildman–Crippen MR) is 49.6 cm³/mol. The summed E-state index contributed by atoms with van der Waals surface area (Å²) in [4.78, 5) is 0. The molecule has 0 fully saturated rings. The average molecular weight is 158 g/mol. The van der Waals surface area contributed by atoms with E-state index in [-0.39, 0.29) is 0 Å². The highest BCUT2D eigenvalue weighted by atomic mass is 16.3. The van der Waals surface area contributed by atoms with Gasteiger partial charge < -0.3 is 5.11 Å². The summed E-state index contributed by atoms with van der Waals surface area (Å²) < 4.78 is 0. The van der Waals surface area contributed by atoms with E-state index in [1.165, 1.54) is 32.1 Å². The molecule has 1 nitrogen and oxygen atoms in total. The summed E-state index contributed by atoms with van der Waals surface area (Å²) in [5.41, 5.74) is 0. The van der Waals surface area contributed by atoms with Crippen molar-refractivity contribution < 1.29 is 5.11 Å². The lowest BCUT2D eigenvalue weighted by Gasteiger charge is -2.11. The molecule has 0 aromatic carbocycles. The van der Waals surface area contributed by atoms with Crippen LogP contribution in [0.3, 0.4) is 0 Å². The Hall–Kier alpha value is -0.0400. The van der Waals surface area contributed by atoms with Gasteiger partial charge in [0.1, 0.15) is 0 Å². The molecule has 0 spiro atoms. The van der Waals surface area contributed by atoms with E-state index in [2.05, 4.69) is 13.8 Å². The number of rotatable bonds is 7. The molecule has 0 rings (SSSR count). The van der Waals surface area contributed by atoms with Gasteiger partial charge in [-0.05, 0) is 12.3 Å². The maximum atomic E-state index is 8.72. The third kappa shape index (κ3) is 6.36. The van der Waals surface area contributed by atoms with E-state index in [1.807, 2.05) is 0 Å². The fourth-order valence-electron chi connectivity index (χ4n) is 1.42. The quantitative estimate of drug-likeness (QED) is 0.565. The molecule has 0 bridgehead atoms. The lowest BCUT2D eigenvalue weighted by Crippen LogP contribution is -2.01. The van der Waals surface area contributed by atoms with Gasteiger partial charge in [0.05, 0.1) is 0 Å². The number of aliphatic hydroxyl groups excluding tert-OH is 1. The van der Waals surface area contributed by atoms with E-state index in [0.29, 0.717) is 6.61 Å². The zero-order valence-corrected chi connectivity index (χ0v) is 7.97. The summed E-state index contributed by atoms with van der Waals surface area (Å²) in [5.74, 6) is 0.770. The largest absolute Gasteiger partial charge is 0.396 e. The smallest absolute Gasteiger partial charge is 0.0433 e. The van der Waals surface area contributed by atoms with Crippen molar-refractivity contribution in [3.63, 3.8) is 0 Å². The predicted octanol–water partition coefficient (Wildman–Crippen LogP) is 2.98. The minimum absolute atomic E-state index is 0.366. The SMILES string of the molecule is CCCCCC(CC)CCO. The summed E-state index contributed by atoms with van der Waals surface area (Å²) in [5, 5.41) is 8.72. The lowest BCUT2D eigenvalue weighted by molar-refractivity contribution is 0.247. The zero-order chi connectivity index (χ0) is 8.53. The Morgan fingerprint density at radius 3 is 2.27 bits per heavy atom. The Labute approximate surface area is 70.8 Å². The molecule has 11 heavy (non-hydrogen) atoms. The first-order valence-corrected chi connectivity index (χ1v) is 4.96. The van der Waals surface area contributed by atoms with Crippen molar-refractivity contribution in [3.8, 4) is 0 Å². The zero-order valence-electron chi connectivity index (χ0n) is 7.97. The van der Waals surface area contributed by atoms with Gasteiger partial charge in [0.2, 0.25) is 0 Å². The van der Waals surface area contributed by atoms with Gasteiger partial charge in [-0.3, -0.25) is 0 Å². The second-order valence-corrected chi connectivity index (χ2v) is 3.28. The second-order valence-electron chi connectivity index (χ2n) is 3.28. The number of aliphatic hydroxyl groups is 1. The van der Waals surface area contributed by atoms with Gasteiger partial charge in [0, 0.05) is 6.61 Å². The van der Waals surface area contributed by atoms with Crippen molar-refractivity contribution >= 4 is 0 Å². The maximum Gasteiger partial charge on any atom is 0.0433 e. The first kappa shape index (κ1) is 11.0. The summed E-state index contributed by atoms with van der Waals surface area (Å²) in [6, 6.07) is 0. The molecule has 0 aliphatic carbocycles. The Bertz CT molecular complexity index is 71.3. The molecule has 0 saturated carbocycles. The Kier molecular flexibility index (Phi) is 8.03. The van der Waals surface area contributed by atoms with E-state index in [4.69, 9.17) is 5.11 Å².